The molecule has 1 amide bonds. The maximum Gasteiger partial charge on any atom is 0.415 e. The van der Waals surface area contributed by atoms with Gasteiger partial charge in [0.1, 0.15) is 11.3 Å². The highest BCUT2D eigenvalue weighted by atomic mass is 127. The van der Waals surface area contributed by atoms with Crippen LogP contribution in [-0.2, 0) is 20.7 Å². The number of methoxy groups -OCH3 is 1. The third-order valence-electron chi connectivity index (χ3n) is 4.87. The van der Waals surface area contributed by atoms with Gasteiger partial charge in [-0.05, 0) is 80.3 Å². The van der Waals surface area contributed by atoms with Crippen molar-refractivity contribution >= 4 is 34.7 Å². The molecule has 0 aliphatic rings. The number of aryl methyl sites for hydroxylation is 1. The van der Waals surface area contributed by atoms with Gasteiger partial charge in [-0.25, -0.2) is 9.59 Å². The Morgan fingerprint density at radius 1 is 0.935 bits per heavy atom. The number of carbonyl (C=O) groups is 2. The van der Waals surface area contributed by atoms with Crippen LogP contribution in [0.25, 0.3) is 0 Å². The molecule has 0 saturated heterocycles. The average Bonchev–Trinajstić information content (AvgIpc) is 2.71. The largest absolute Gasteiger partial charge is 0.464 e. The van der Waals surface area contributed by atoms with Crippen molar-refractivity contribution < 1.29 is 19.1 Å². The van der Waals surface area contributed by atoms with Crippen LogP contribution in [-0.4, -0.2) is 36.2 Å². The van der Waals surface area contributed by atoms with Gasteiger partial charge in [0, 0.05) is 10.1 Å². The third-order valence-corrected chi connectivity index (χ3v) is 5.59. The highest BCUT2D eigenvalue weighted by Crippen LogP contribution is 2.16. The summed E-state index contributed by atoms with van der Waals surface area (Å²) in [5, 5.41) is 0. The van der Waals surface area contributed by atoms with Crippen molar-refractivity contribution in [1.82, 2.24) is 4.90 Å². The number of nitrogens with zero attached hydrogens (tertiary/aromatic N) is 1. The molecule has 0 fully saturated rings. The highest BCUT2D eigenvalue weighted by molar-refractivity contribution is 14.1. The Morgan fingerprint density at radius 2 is 1.45 bits per heavy atom. The zero-order valence-corrected chi connectivity index (χ0v) is 21.7. The summed E-state index contributed by atoms with van der Waals surface area (Å²) in [6, 6.07) is 8.77. The van der Waals surface area contributed by atoms with Crippen LogP contribution < -0.4 is 0 Å². The fourth-order valence-corrected chi connectivity index (χ4v) is 3.55. The minimum atomic E-state index is -0.634. The van der Waals surface area contributed by atoms with Gasteiger partial charge >= 0.3 is 12.1 Å². The van der Waals surface area contributed by atoms with Crippen LogP contribution in [0.3, 0.4) is 0 Å². The molecule has 1 aromatic rings. The number of carbonyl (C=O) groups excluding carboxylic acids is 2. The summed E-state index contributed by atoms with van der Waals surface area (Å²) in [7, 11) is 1.28. The van der Waals surface area contributed by atoms with Crippen LogP contribution in [0.4, 0.5) is 4.79 Å². The normalized spacial score (nSPS) is 11.1. The van der Waals surface area contributed by atoms with E-state index in [1.807, 2.05) is 0 Å². The van der Waals surface area contributed by atoms with Crippen LogP contribution in [0, 0.1) is 3.57 Å². The smallest absolute Gasteiger partial charge is 0.415 e. The number of esters is 1. The number of amides is 1. The molecule has 31 heavy (non-hydrogen) atoms. The lowest BCUT2D eigenvalue weighted by molar-refractivity contribution is -0.137. The molecule has 0 aliphatic carbocycles. The van der Waals surface area contributed by atoms with Crippen LogP contribution in [0.15, 0.2) is 36.5 Å². The lowest BCUT2D eigenvalue weighted by Crippen LogP contribution is -2.39. The van der Waals surface area contributed by atoms with Crippen molar-refractivity contribution in [2.75, 3.05) is 13.7 Å². The summed E-state index contributed by atoms with van der Waals surface area (Å²) in [5.41, 5.74) is 0.804. The Kier molecular flexibility index (Phi) is 12.8. The van der Waals surface area contributed by atoms with E-state index in [-0.39, 0.29) is 5.70 Å². The summed E-state index contributed by atoms with van der Waals surface area (Å²) >= 11 is 2.33. The van der Waals surface area contributed by atoms with Gasteiger partial charge in [-0.3, -0.25) is 4.90 Å². The number of ether oxygens (including phenoxy) is 2. The molecule has 0 atom stereocenters. The molecule has 0 aromatic heterocycles. The van der Waals surface area contributed by atoms with E-state index in [2.05, 4.69) is 53.4 Å². The Balaban J connectivity index is 2.22. The van der Waals surface area contributed by atoms with Gasteiger partial charge in [0.05, 0.1) is 7.11 Å². The second kappa shape index (κ2) is 14.5. The van der Waals surface area contributed by atoms with E-state index in [0.29, 0.717) is 6.54 Å². The number of halogens is 1. The molecule has 1 aromatic carbocycles. The van der Waals surface area contributed by atoms with Crippen LogP contribution in [0.1, 0.15) is 77.7 Å². The van der Waals surface area contributed by atoms with Gasteiger partial charge < -0.3 is 9.47 Å². The van der Waals surface area contributed by atoms with E-state index in [1.165, 1.54) is 53.2 Å². The fraction of sp³-hybridized carbons (Fsp3) is 0.600. The van der Waals surface area contributed by atoms with Crippen LogP contribution in [0.2, 0.25) is 0 Å². The molecule has 6 heteroatoms. The Morgan fingerprint density at radius 3 is 1.97 bits per heavy atom. The minimum absolute atomic E-state index is 0.0184. The molecule has 1 rings (SSSR count). The van der Waals surface area contributed by atoms with Gasteiger partial charge in [0.2, 0.25) is 0 Å². The van der Waals surface area contributed by atoms with Gasteiger partial charge in [-0.15, -0.1) is 0 Å². The minimum Gasteiger partial charge on any atom is -0.464 e. The van der Waals surface area contributed by atoms with Gasteiger partial charge in [0.15, 0.2) is 0 Å². The van der Waals surface area contributed by atoms with Gasteiger partial charge in [-0.2, -0.15) is 0 Å². The van der Waals surface area contributed by atoms with Crippen LogP contribution >= 0.6 is 22.6 Å². The lowest BCUT2D eigenvalue weighted by Gasteiger charge is -2.27. The topological polar surface area (TPSA) is 55.8 Å². The fourth-order valence-electron chi connectivity index (χ4n) is 3.19. The van der Waals surface area contributed by atoms with Crippen molar-refractivity contribution in [1.29, 1.82) is 0 Å². The number of benzene rings is 1. The van der Waals surface area contributed by atoms with Gasteiger partial charge in [-0.1, -0.05) is 57.2 Å². The second-order valence-corrected chi connectivity index (χ2v) is 10.0. The van der Waals surface area contributed by atoms with E-state index >= 15 is 0 Å². The Hall–Kier alpha value is -1.57. The van der Waals surface area contributed by atoms with Gasteiger partial charge in [0.25, 0.3) is 0 Å². The standard InChI is InChI=1S/C25H38INO4/c1-20(23(28)30-5)27(24(29)31-25(2,3)4)19-13-11-9-7-6-8-10-12-14-21-15-17-22(26)18-16-21/h15-18H,1,6-14,19H2,2-5H3. The van der Waals surface area contributed by atoms with E-state index in [4.69, 9.17) is 9.47 Å². The molecule has 0 N–H and O–H groups in total. The summed E-state index contributed by atoms with van der Waals surface area (Å²) in [5.74, 6) is -0.615. The highest BCUT2D eigenvalue weighted by Gasteiger charge is 2.27. The monoisotopic (exact) mass is 543 g/mol. The molecule has 5 nitrogen and oxygen atoms in total. The molecule has 0 spiro atoms. The third kappa shape index (κ3) is 12.1. The molecular weight excluding hydrogens is 505 g/mol. The zero-order valence-electron chi connectivity index (χ0n) is 19.5. The second-order valence-electron chi connectivity index (χ2n) is 8.78. The van der Waals surface area contributed by atoms with Crippen molar-refractivity contribution in [2.24, 2.45) is 0 Å². The Labute approximate surface area is 201 Å². The first kappa shape index (κ1) is 27.5. The quantitative estimate of drug-likeness (QED) is 0.118. The number of unbranched alkanes of at least 4 members (excludes halogenated alkanes) is 7. The predicted molar refractivity (Wildman–Crippen MR) is 134 cm³/mol. The first-order valence-corrected chi connectivity index (χ1v) is 12.2. The number of rotatable bonds is 13. The summed E-state index contributed by atoms with van der Waals surface area (Å²) in [4.78, 5) is 25.6. The first-order valence-electron chi connectivity index (χ1n) is 11.2. The van der Waals surface area contributed by atoms with Crippen molar-refractivity contribution in [3.05, 3.63) is 45.7 Å². The molecule has 0 saturated carbocycles. The molecule has 0 unspecified atom stereocenters. The van der Waals surface area contributed by atoms with Crippen molar-refractivity contribution in [3.8, 4) is 0 Å². The summed E-state index contributed by atoms with van der Waals surface area (Å²) in [6.07, 6.45) is 9.68. The Bertz CT molecular complexity index is 694. The van der Waals surface area contributed by atoms with E-state index in [9.17, 15) is 9.59 Å². The molecule has 0 radical (unpaired) electrons. The maximum absolute atomic E-state index is 12.4. The lowest BCUT2D eigenvalue weighted by atomic mass is 10.0. The van der Waals surface area contributed by atoms with Crippen LogP contribution in [0.5, 0.6) is 0 Å². The average molecular weight is 543 g/mol. The summed E-state index contributed by atoms with van der Waals surface area (Å²) in [6.45, 7) is 9.50. The molecular formula is C25H38INO4. The molecule has 0 aliphatic heterocycles. The van der Waals surface area contributed by atoms with E-state index in [1.54, 1.807) is 20.8 Å². The molecule has 0 bridgehead atoms. The number of hydrogen-bond donors (Lipinski definition) is 0. The SMILES string of the molecule is C=C(C(=O)OC)N(CCCCCCCCCCc1ccc(I)cc1)C(=O)OC(C)(C)C. The molecule has 0 heterocycles. The first-order chi connectivity index (χ1) is 14.6. The summed E-state index contributed by atoms with van der Waals surface area (Å²) < 4.78 is 11.4. The zero-order chi connectivity index (χ0) is 23.3. The number of hydrogen-bond acceptors (Lipinski definition) is 4. The van der Waals surface area contributed by atoms with Crippen molar-refractivity contribution in [2.45, 2.75) is 84.2 Å². The van der Waals surface area contributed by atoms with E-state index < -0.39 is 17.7 Å². The maximum atomic E-state index is 12.4. The predicted octanol–water partition coefficient (Wildman–Crippen LogP) is 6.88. The molecule has 174 valence electrons. The van der Waals surface area contributed by atoms with E-state index in [0.717, 1.165) is 25.7 Å². The van der Waals surface area contributed by atoms with Crippen molar-refractivity contribution in [3.63, 3.8) is 0 Å².